The SMILES string of the molecule is CC1=NN(c2ccccc2)C(=O)[C@@]12[C@@H](CC(=O)c1ccccc1)CN(S(=O)(=O)c1ccc(C)cc1)[C@H]2c1ccc(Cl)cc1. The van der Waals surface area contributed by atoms with Crippen molar-refractivity contribution >= 4 is 44.7 Å². The summed E-state index contributed by atoms with van der Waals surface area (Å²) in [5, 5.41) is 6.57. The minimum Gasteiger partial charge on any atom is -0.294 e. The van der Waals surface area contributed by atoms with Gasteiger partial charge in [-0.3, -0.25) is 9.59 Å². The van der Waals surface area contributed by atoms with Crippen LogP contribution in [0.3, 0.4) is 0 Å². The number of rotatable bonds is 7. The van der Waals surface area contributed by atoms with Gasteiger partial charge in [0.25, 0.3) is 5.91 Å². The highest BCUT2D eigenvalue weighted by Gasteiger charge is 2.67. The van der Waals surface area contributed by atoms with E-state index in [1.54, 1.807) is 91.9 Å². The number of hydrogen-bond acceptors (Lipinski definition) is 5. The predicted molar refractivity (Wildman–Crippen MR) is 168 cm³/mol. The first-order chi connectivity index (χ1) is 20.6. The van der Waals surface area contributed by atoms with Gasteiger partial charge in [0.1, 0.15) is 5.41 Å². The number of nitrogens with zero attached hydrogens (tertiary/aromatic N) is 3. The minimum absolute atomic E-state index is 0.0464. The standard InChI is InChI=1S/C34H30ClN3O4S/c1-23-13-19-30(20-14-23)43(41,42)37-22-27(21-31(39)25-9-5-3-6-10-25)34(32(37)26-15-17-28(35)18-16-26)24(2)36-38(33(34)40)29-11-7-4-8-12-29/h3-20,27,32H,21-22H2,1-2H3/t27-,32-,34+/m0/s1. The Morgan fingerprint density at radius 1 is 0.884 bits per heavy atom. The molecule has 0 bridgehead atoms. The lowest BCUT2D eigenvalue weighted by molar-refractivity contribution is -0.126. The molecule has 2 aliphatic rings. The molecule has 0 radical (unpaired) electrons. The Kier molecular flexibility index (Phi) is 7.54. The minimum atomic E-state index is -4.13. The summed E-state index contributed by atoms with van der Waals surface area (Å²) < 4.78 is 30.3. The van der Waals surface area contributed by atoms with Crippen molar-refractivity contribution in [3.05, 3.63) is 131 Å². The number of aryl methyl sites for hydroxylation is 1. The number of anilines is 1. The summed E-state index contributed by atoms with van der Waals surface area (Å²) in [7, 11) is -4.13. The molecule has 2 aliphatic heterocycles. The van der Waals surface area contributed by atoms with Gasteiger partial charge in [0.15, 0.2) is 5.78 Å². The summed E-state index contributed by atoms with van der Waals surface area (Å²) in [4.78, 5) is 28.6. The number of Topliss-reactive ketones (excluding diaryl/α,β-unsaturated/α-hetero) is 1. The molecule has 218 valence electrons. The third-order valence-electron chi connectivity index (χ3n) is 8.50. The maximum absolute atomic E-state index is 14.8. The Hall–Kier alpha value is -4.11. The average molecular weight is 612 g/mol. The monoisotopic (exact) mass is 611 g/mol. The molecule has 9 heteroatoms. The largest absolute Gasteiger partial charge is 0.294 e. The fraction of sp³-hybridized carbons (Fsp3) is 0.206. The highest BCUT2D eigenvalue weighted by atomic mass is 35.5. The van der Waals surface area contributed by atoms with Gasteiger partial charge in [-0.2, -0.15) is 14.4 Å². The van der Waals surface area contributed by atoms with Crippen LogP contribution in [0, 0.1) is 18.3 Å². The van der Waals surface area contributed by atoms with Crippen molar-refractivity contribution in [2.24, 2.45) is 16.4 Å². The zero-order chi connectivity index (χ0) is 30.4. The average Bonchev–Trinajstić information content (AvgIpc) is 3.50. The zero-order valence-corrected chi connectivity index (χ0v) is 25.3. The van der Waals surface area contributed by atoms with E-state index in [2.05, 4.69) is 0 Å². The van der Waals surface area contributed by atoms with Crippen molar-refractivity contribution in [1.29, 1.82) is 0 Å². The first-order valence-corrected chi connectivity index (χ1v) is 15.8. The second-order valence-electron chi connectivity index (χ2n) is 11.0. The second kappa shape index (κ2) is 11.2. The van der Waals surface area contributed by atoms with E-state index in [0.717, 1.165) is 5.56 Å². The second-order valence-corrected chi connectivity index (χ2v) is 13.4. The van der Waals surface area contributed by atoms with E-state index in [0.29, 0.717) is 27.5 Å². The van der Waals surface area contributed by atoms with Gasteiger partial charge in [-0.05, 0) is 55.8 Å². The summed E-state index contributed by atoms with van der Waals surface area (Å²) >= 11 is 6.26. The molecule has 4 aromatic carbocycles. The first-order valence-electron chi connectivity index (χ1n) is 14.0. The number of benzene rings is 4. The lowest BCUT2D eigenvalue weighted by Gasteiger charge is -2.36. The summed E-state index contributed by atoms with van der Waals surface area (Å²) in [6, 6.07) is 30.4. The Labute approximate surface area is 256 Å². The summed E-state index contributed by atoms with van der Waals surface area (Å²) in [5.41, 5.74) is 1.57. The molecule has 1 spiro atoms. The van der Waals surface area contributed by atoms with Gasteiger partial charge in [0.2, 0.25) is 10.0 Å². The van der Waals surface area contributed by atoms with Crippen LogP contribution in [-0.4, -0.2) is 36.7 Å². The number of halogens is 1. The molecule has 3 atom stereocenters. The Morgan fingerprint density at radius 3 is 2.12 bits per heavy atom. The van der Waals surface area contributed by atoms with Gasteiger partial charge in [-0.1, -0.05) is 90.0 Å². The topological polar surface area (TPSA) is 87.1 Å². The number of ketones is 1. The molecule has 0 aliphatic carbocycles. The Balaban J connectivity index is 1.56. The van der Waals surface area contributed by atoms with Crippen LogP contribution in [0.4, 0.5) is 5.69 Å². The van der Waals surface area contributed by atoms with Crippen LogP contribution in [-0.2, 0) is 14.8 Å². The van der Waals surface area contributed by atoms with Gasteiger partial charge in [-0.15, -0.1) is 0 Å². The molecule has 4 aromatic rings. The van der Waals surface area contributed by atoms with E-state index in [-0.39, 0.29) is 29.6 Å². The maximum Gasteiger partial charge on any atom is 0.261 e. The maximum atomic E-state index is 14.8. The molecular weight excluding hydrogens is 582 g/mol. The van der Waals surface area contributed by atoms with Crippen LogP contribution >= 0.6 is 11.6 Å². The third-order valence-corrected chi connectivity index (χ3v) is 10.6. The molecule has 6 rings (SSSR count). The highest BCUT2D eigenvalue weighted by Crippen LogP contribution is 2.58. The number of carbonyl (C=O) groups excluding carboxylic acids is 2. The van der Waals surface area contributed by atoms with Crippen molar-refractivity contribution in [3.8, 4) is 0 Å². The third kappa shape index (κ3) is 4.89. The first kappa shape index (κ1) is 29.0. The lowest BCUT2D eigenvalue weighted by atomic mass is 9.66. The van der Waals surface area contributed by atoms with Crippen molar-refractivity contribution in [2.75, 3.05) is 11.6 Å². The summed E-state index contributed by atoms with van der Waals surface area (Å²) in [6.07, 6.45) is -0.0464. The molecule has 1 fully saturated rings. The molecule has 0 aromatic heterocycles. The van der Waals surface area contributed by atoms with E-state index in [1.165, 1.54) is 9.31 Å². The number of hydrazone groups is 1. The van der Waals surface area contributed by atoms with Crippen molar-refractivity contribution in [1.82, 2.24) is 4.31 Å². The fourth-order valence-electron chi connectivity index (χ4n) is 6.40. The molecular formula is C34H30ClN3O4S. The molecule has 1 amide bonds. The highest BCUT2D eigenvalue weighted by molar-refractivity contribution is 7.89. The normalized spacial score (nSPS) is 22.3. The summed E-state index contributed by atoms with van der Waals surface area (Å²) in [5.74, 6) is -1.25. The molecule has 2 heterocycles. The van der Waals surface area contributed by atoms with Crippen molar-refractivity contribution in [3.63, 3.8) is 0 Å². The number of hydrogen-bond donors (Lipinski definition) is 0. The van der Waals surface area contributed by atoms with E-state index in [9.17, 15) is 18.0 Å². The number of carbonyl (C=O) groups is 2. The van der Waals surface area contributed by atoms with Crippen LogP contribution in [0.1, 0.15) is 40.9 Å². The smallest absolute Gasteiger partial charge is 0.261 e. The number of para-hydroxylation sites is 1. The molecule has 0 saturated carbocycles. The molecule has 0 N–H and O–H groups in total. The predicted octanol–water partition coefficient (Wildman–Crippen LogP) is 6.69. The van der Waals surface area contributed by atoms with Gasteiger partial charge in [0, 0.05) is 29.5 Å². The summed E-state index contributed by atoms with van der Waals surface area (Å²) in [6.45, 7) is 3.59. The molecule has 7 nitrogen and oxygen atoms in total. The quantitative estimate of drug-likeness (QED) is 0.218. The number of sulfonamides is 1. The number of amides is 1. The molecule has 1 saturated heterocycles. The van der Waals surface area contributed by atoms with E-state index in [1.807, 2.05) is 31.2 Å². The van der Waals surface area contributed by atoms with Gasteiger partial charge in [-0.25, -0.2) is 8.42 Å². The van der Waals surface area contributed by atoms with Crippen molar-refractivity contribution in [2.45, 2.75) is 31.2 Å². The van der Waals surface area contributed by atoms with E-state index < -0.39 is 27.4 Å². The molecule has 0 unspecified atom stereocenters. The Morgan fingerprint density at radius 2 is 1.49 bits per heavy atom. The van der Waals surface area contributed by atoms with Crippen LogP contribution in [0.5, 0.6) is 0 Å². The van der Waals surface area contributed by atoms with Crippen molar-refractivity contribution < 1.29 is 18.0 Å². The van der Waals surface area contributed by atoms with E-state index in [4.69, 9.17) is 16.7 Å². The van der Waals surface area contributed by atoms with Crippen LogP contribution in [0.25, 0.3) is 0 Å². The fourth-order valence-corrected chi connectivity index (χ4v) is 8.22. The van der Waals surface area contributed by atoms with Crippen LogP contribution < -0.4 is 5.01 Å². The lowest BCUT2D eigenvalue weighted by Crippen LogP contribution is -2.48. The van der Waals surface area contributed by atoms with Gasteiger partial charge >= 0.3 is 0 Å². The van der Waals surface area contributed by atoms with Gasteiger partial charge < -0.3 is 0 Å². The van der Waals surface area contributed by atoms with Crippen LogP contribution in [0.2, 0.25) is 5.02 Å². The van der Waals surface area contributed by atoms with E-state index >= 15 is 0 Å². The van der Waals surface area contributed by atoms with Gasteiger partial charge in [0.05, 0.1) is 22.3 Å². The molecule has 43 heavy (non-hydrogen) atoms. The zero-order valence-electron chi connectivity index (χ0n) is 23.7. The Bertz CT molecular complexity index is 1810. The van der Waals surface area contributed by atoms with Crippen LogP contribution in [0.15, 0.2) is 119 Å².